The van der Waals surface area contributed by atoms with E-state index in [1.165, 1.54) is 17.0 Å². The summed E-state index contributed by atoms with van der Waals surface area (Å²) in [7, 11) is 1.65. The SMILES string of the molecule is CN(CC1CC(Br)=NO1)C(=O)C(Cc1ccc(O)cc1)NC(=O)OCc1ccccc1. The fourth-order valence-electron chi connectivity index (χ4n) is 3.13. The minimum Gasteiger partial charge on any atom is -0.508 e. The van der Waals surface area contributed by atoms with Gasteiger partial charge in [-0.1, -0.05) is 47.6 Å². The summed E-state index contributed by atoms with van der Waals surface area (Å²) in [6, 6.07) is 14.9. The van der Waals surface area contributed by atoms with Gasteiger partial charge in [-0.15, -0.1) is 0 Å². The van der Waals surface area contributed by atoms with Gasteiger partial charge in [0.1, 0.15) is 23.0 Å². The fourth-order valence-corrected chi connectivity index (χ4v) is 3.57. The lowest BCUT2D eigenvalue weighted by atomic mass is 10.0. The number of nitrogens with one attached hydrogen (secondary N) is 1. The number of likely N-dealkylation sites (N-methyl/N-ethyl adjacent to an activating group) is 1. The lowest BCUT2D eigenvalue weighted by Gasteiger charge is -2.26. The number of phenolic OH excluding ortho intramolecular Hbond substituents is 1. The number of hydrogen-bond acceptors (Lipinski definition) is 6. The maximum absolute atomic E-state index is 13.1. The van der Waals surface area contributed by atoms with Crippen molar-refractivity contribution in [3.05, 3.63) is 65.7 Å². The van der Waals surface area contributed by atoms with Crippen LogP contribution in [0.15, 0.2) is 59.8 Å². The highest BCUT2D eigenvalue weighted by molar-refractivity contribution is 9.18. The van der Waals surface area contributed by atoms with E-state index in [1.54, 1.807) is 19.2 Å². The van der Waals surface area contributed by atoms with Crippen LogP contribution >= 0.6 is 15.9 Å². The molecule has 9 heteroatoms. The van der Waals surface area contributed by atoms with E-state index in [9.17, 15) is 14.7 Å². The van der Waals surface area contributed by atoms with Crippen molar-refractivity contribution in [2.75, 3.05) is 13.6 Å². The molecule has 0 aromatic heterocycles. The van der Waals surface area contributed by atoms with Gasteiger partial charge in [-0.25, -0.2) is 4.79 Å². The molecule has 1 aliphatic rings. The summed E-state index contributed by atoms with van der Waals surface area (Å²) in [6.45, 7) is 0.425. The van der Waals surface area contributed by atoms with E-state index in [-0.39, 0.29) is 30.8 Å². The summed E-state index contributed by atoms with van der Waals surface area (Å²) in [4.78, 5) is 32.3. The molecule has 2 amide bonds. The molecule has 0 aliphatic carbocycles. The Balaban J connectivity index is 1.63. The molecule has 1 aliphatic heterocycles. The minimum absolute atomic E-state index is 0.101. The van der Waals surface area contributed by atoms with Crippen LogP contribution in [0, 0.1) is 0 Å². The molecule has 2 atom stereocenters. The van der Waals surface area contributed by atoms with Crippen molar-refractivity contribution >= 4 is 32.6 Å². The number of carbonyl (C=O) groups excluding carboxylic acids is 2. The molecule has 0 radical (unpaired) electrons. The van der Waals surface area contributed by atoms with Gasteiger partial charge in [-0.05, 0) is 39.2 Å². The summed E-state index contributed by atoms with van der Waals surface area (Å²) in [6.07, 6.45) is -0.108. The Morgan fingerprint density at radius 3 is 2.58 bits per heavy atom. The zero-order valence-corrected chi connectivity index (χ0v) is 18.6. The molecule has 31 heavy (non-hydrogen) atoms. The van der Waals surface area contributed by atoms with Gasteiger partial charge in [0.25, 0.3) is 0 Å². The Hall–Kier alpha value is -3.07. The van der Waals surface area contributed by atoms with E-state index < -0.39 is 12.1 Å². The summed E-state index contributed by atoms with van der Waals surface area (Å²) in [5.41, 5.74) is 1.64. The van der Waals surface area contributed by atoms with Gasteiger partial charge in [-0.3, -0.25) is 4.79 Å². The molecule has 0 bridgehead atoms. The largest absolute Gasteiger partial charge is 0.508 e. The molecule has 0 saturated carbocycles. The molecule has 0 saturated heterocycles. The fraction of sp³-hybridized carbons (Fsp3) is 0.318. The highest BCUT2D eigenvalue weighted by Gasteiger charge is 2.29. The number of carbonyl (C=O) groups is 2. The average molecular weight is 490 g/mol. The predicted octanol–water partition coefficient (Wildman–Crippen LogP) is 3.19. The van der Waals surface area contributed by atoms with Crippen molar-refractivity contribution in [1.29, 1.82) is 0 Å². The molecular weight excluding hydrogens is 466 g/mol. The topological polar surface area (TPSA) is 100 Å². The lowest BCUT2D eigenvalue weighted by molar-refractivity contribution is -0.133. The van der Waals surface area contributed by atoms with Crippen molar-refractivity contribution in [2.45, 2.75) is 31.6 Å². The van der Waals surface area contributed by atoms with Crippen LogP contribution in [0.3, 0.4) is 0 Å². The smallest absolute Gasteiger partial charge is 0.408 e. The van der Waals surface area contributed by atoms with Crippen molar-refractivity contribution in [3.63, 3.8) is 0 Å². The third-order valence-corrected chi connectivity index (χ3v) is 5.20. The Bertz CT molecular complexity index is 921. The molecule has 2 aromatic carbocycles. The third kappa shape index (κ3) is 6.99. The number of benzene rings is 2. The van der Waals surface area contributed by atoms with Crippen LogP contribution in [0.4, 0.5) is 4.79 Å². The molecule has 2 unspecified atom stereocenters. The van der Waals surface area contributed by atoms with Gasteiger partial charge in [0, 0.05) is 19.9 Å². The van der Waals surface area contributed by atoms with E-state index in [0.717, 1.165) is 11.1 Å². The van der Waals surface area contributed by atoms with Crippen LogP contribution in [0.25, 0.3) is 0 Å². The first-order valence-corrected chi connectivity index (χ1v) is 10.6. The maximum Gasteiger partial charge on any atom is 0.408 e. The Morgan fingerprint density at radius 2 is 1.94 bits per heavy atom. The zero-order chi connectivity index (χ0) is 22.2. The van der Waals surface area contributed by atoms with Crippen molar-refractivity contribution in [1.82, 2.24) is 10.2 Å². The zero-order valence-electron chi connectivity index (χ0n) is 17.0. The summed E-state index contributed by atoms with van der Waals surface area (Å²) in [5.74, 6) is -0.153. The van der Waals surface area contributed by atoms with E-state index in [4.69, 9.17) is 9.57 Å². The average Bonchev–Trinajstić information content (AvgIpc) is 3.18. The molecule has 8 nitrogen and oxygen atoms in total. The van der Waals surface area contributed by atoms with Crippen LogP contribution in [0.5, 0.6) is 5.75 Å². The third-order valence-electron chi connectivity index (χ3n) is 4.73. The quantitative estimate of drug-likeness (QED) is 0.592. The normalized spacial score (nSPS) is 16.1. The first-order valence-electron chi connectivity index (χ1n) is 9.79. The second-order valence-corrected chi connectivity index (χ2v) is 8.16. The molecule has 2 N–H and O–H groups in total. The van der Waals surface area contributed by atoms with Gasteiger partial charge in [0.15, 0.2) is 6.10 Å². The van der Waals surface area contributed by atoms with Gasteiger partial charge in [0.05, 0.1) is 6.54 Å². The van der Waals surface area contributed by atoms with Gasteiger partial charge in [0.2, 0.25) is 5.91 Å². The number of halogens is 1. The number of phenols is 1. The van der Waals surface area contributed by atoms with Gasteiger partial charge >= 0.3 is 6.09 Å². The van der Waals surface area contributed by atoms with Crippen molar-refractivity contribution in [2.24, 2.45) is 5.16 Å². The van der Waals surface area contributed by atoms with Crippen molar-refractivity contribution < 1.29 is 24.3 Å². The number of alkyl carbamates (subject to hydrolysis) is 1. The summed E-state index contributed by atoms with van der Waals surface area (Å²) >= 11 is 3.28. The monoisotopic (exact) mass is 489 g/mol. The highest BCUT2D eigenvalue weighted by atomic mass is 79.9. The van der Waals surface area contributed by atoms with E-state index >= 15 is 0 Å². The summed E-state index contributed by atoms with van der Waals surface area (Å²) in [5, 5.41) is 16.0. The van der Waals surface area contributed by atoms with Crippen LogP contribution < -0.4 is 5.32 Å². The second kappa shape index (κ2) is 10.8. The number of ether oxygens (including phenoxy) is 1. The number of hydrogen-bond donors (Lipinski definition) is 2. The molecule has 1 heterocycles. The number of oxime groups is 1. The molecular formula is C22H24BrN3O5. The van der Waals surface area contributed by atoms with E-state index in [0.29, 0.717) is 17.6 Å². The molecule has 0 fully saturated rings. The number of aromatic hydroxyl groups is 1. The Morgan fingerprint density at radius 1 is 1.23 bits per heavy atom. The first kappa shape index (κ1) is 22.6. The first-order chi connectivity index (χ1) is 14.9. The summed E-state index contributed by atoms with van der Waals surface area (Å²) < 4.78 is 5.98. The number of amides is 2. The molecule has 164 valence electrons. The number of nitrogens with zero attached hydrogens (tertiary/aromatic N) is 2. The second-order valence-electron chi connectivity index (χ2n) is 7.25. The molecule has 3 rings (SSSR count). The number of rotatable bonds is 8. The molecule has 0 spiro atoms. The van der Waals surface area contributed by atoms with E-state index in [2.05, 4.69) is 26.4 Å². The lowest BCUT2D eigenvalue weighted by Crippen LogP contribution is -2.50. The van der Waals surface area contributed by atoms with Crippen LogP contribution in [-0.4, -0.2) is 52.4 Å². The molecule has 2 aromatic rings. The Kier molecular flexibility index (Phi) is 7.88. The standard InChI is InChI=1S/C22H24BrN3O5/c1-26(13-18-12-20(23)25-31-18)21(28)19(11-15-7-9-17(27)10-8-15)24-22(29)30-14-16-5-3-2-4-6-16/h2-10,18-19,27H,11-14H2,1H3,(H,24,29). The Labute approximate surface area is 189 Å². The van der Waals surface area contributed by atoms with Gasteiger partial charge < -0.3 is 24.9 Å². The minimum atomic E-state index is -0.844. The van der Waals surface area contributed by atoms with Crippen LogP contribution in [0.1, 0.15) is 17.5 Å². The van der Waals surface area contributed by atoms with Crippen LogP contribution in [0.2, 0.25) is 0 Å². The van der Waals surface area contributed by atoms with Crippen molar-refractivity contribution in [3.8, 4) is 5.75 Å². The van der Waals surface area contributed by atoms with Gasteiger partial charge in [-0.2, -0.15) is 0 Å². The maximum atomic E-state index is 13.1. The highest BCUT2D eigenvalue weighted by Crippen LogP contribution is 2.16. The van der Waals surface area contributed by atoms with Crippen LogP contribution in [-0.2, 0) is 27.4 Å². The predicted molar refractivity (Wildman–Crippen MR) is 119 cm³/mol. The van der Waals surface area contributed by atoms with E-state index in [1.807, 2.05) is 30.3 Å².